The van der Waals surface area contributed by atoms with Gasteiger partial charge in [0.15, 0.2) is 0 Å². The van der Waals surface area contributed by atoms with E-state index >= 15 is 0 Å². The third-order valence-corrected chi connectivity index (χ3v) is 2.86. The van der Waals surface area contributed by atoms with Crippen LogP contribution in [0.25, 0.3) is 0 Å². The second-order valence-electron chi connectivity index (χ2n) is 3.86. The van der Waals surface area contributed by atoms with Gasteiger partial charge in [0.1, 0.15) is 12.1 Å². The second-order valence-corrected chi connectivity index (χ2v) is 4.77. The number of anilines is 1. The minimum atomic E-state index is -0.499. The van der Waals surface area contributed by atoms with E-state index in [0.717, 1.165) is 6.07 Å². The predicted molar refractivity (Wildman–Crippen MR) is 73.9 cm³/mol. The quantitative estimate of drug-likeness (QED) is 0.877. The van der Waals surface area contributed by atoms with Crippen molar-refractivity contribution in [2.75, 3.05) is 5.32 Å². The molecule has 96 valence electrons. The van der Waals surface area contributed by atoms with Crippen LogP contribution in [-0.2, 0) is 0 Å². The van der Waals surface area contributed by atoms with E-state index in [1.807, 2.05) is 0 Å². The number of halogens is 2. The van der Waals surface area contributed by atoms with E-state index in [9.17, 15) is 14.0 Å². The zero-order valence-electron chi connectivity index (χ0n) is 9.69. The van der Waals surface area contributed by atoms with E-state index in [1.54, 1.807) is 24.3 Å². The van der Waals surface area contributed by atoms with Crippen molar-refractivity contribution in [2.45, 2.75) is 0 Å². The lowest BCUT2D eigenvalue weighted by atomic mass is 10.2. The molecule has 0 spiro atoms. The highest BCUT2D eigenvalue weighted by molar-refractivity contribution is 9.10. The van der Waals surface area contributed by atoms with Gasteiger partial charge in [-0.05, 0) is 30.3 Å². The zero-order chi connectivity index (χ0) is 13.8. The Bertz CT molecular complexity index is 623. The van der Waals surface area contributed by atoms with Gasteiger partial charge in [0.2, 0.25) is 0 Å². The van der Waals surface area contributed by atoms with Crippen LogP contribution in [0, 0.1) is 5.82 Å². The summed E-state index contributed by atoms with van der Waals surface area (Å²) in [5, 5.41) is 2.60. The molecule has 1 amide bonds. The van der Waals surface area contributed by atoms with Gasteiger partial charge in [-0.2, -0.15) is 0 Å². The molecule has 2 rings (SSSR count). The van der Waals surface area contributed by atoms with Crippen LogP contribution in [0.4, 0.5) is 10.1 Å². The maximum absolute atomic E-state index is 13.2. The molecular weight excluding hydrogens is 313 g/mol. The highest BCUT2D eigenvalue weighted by atomic mass is 79.9. The monoisotopic (exact) mass is 321 g/mol. The van der Waals surface area contributed by atoms with Crippen molar-refractivity contribution in [3.05, 3.63) is 63.9 Å². The maximum atomic E-state index is 13.2. The Labute approximate surface area is 117 Å². The fourth-order valence-electron chi connectivity index (χ4n) is 1.58. The first-order valence-corrected chi connectivity index (χ1v) is 6.20. The van der Waals surface area contributed by atoms with Crippen molar-refractivity contribution in [1.82, 2.24) is 0 Å². The Morgan fingerprint density at radius 3 is 2.68 bits per heavy atom. The summed E-state index contributed by atoms with van der Waals surface area (Å²) >= 11 is 3.12. The van der Waals surface area contributed by atoms with Gasteiger partial charge in [-0.25, -0.2) is 4.39 Å². The predicted octanol–water partition coefficient (Wildman–Crippen LogP) is 3.65. The molecule has 0 unspecified atom stereocenters. The molecule has 0 aromatic heterocycles. The molecule has 0 bridgehead atoms. The zero-order valence-corrected chi connectivity index (χ0v) is 11.3. The molecule has 0 atom stereocenters. The smallest absolute Gasteiger partial charge is 0.255 e. The number of amides is 1. The Morgan fingerprint density at radius 2 is 2.00 bits per heavy atom. The van der Waals surface area contributed by atoms with Crippen molar-refractivity contribution in [3.8, 4) is 0 Å². The maximum Gasteiger partial charge on any atom is 0.255 e. The second kappa shape index (κ2) is 5.75. The van der Waals surface area contributed by atoms with E-state index in [2.05, 4.69) is 21.2 Å². The number of hydrogen-bond donors (Lipinski definition) is 1. The molecule has 5 heteroatoms. The van der Waals surface area contributed by atoms with Gasteiger partial charge >= 0.3 is 0 Å². The highest BCUT2D eigenvalue weighted by Crippen LogP contribution is 2.17. The summed E-state index contributed by atoms with van der Waals surface area (Å²) in [4.78, 5) is 22.6. The van der Waals surface area contributed by atoms with Crippen LogP contribution in [0.2, 0.25) is 0 Å². The molecule has 0 fully saturated rings. The number of hydrogen-bond acceptors (Lipinski definition) is 2. The van der Waals surface area contributed by atoms with Crippen LogP contribution in [0.5, 0.6) is 0 Å². The van der Waals surface area contributed by atoms with Crippen LogP contribution < -0.4 is 5.32 Å². The van der Waals surface area contributed by atoms with Gasteiger partial charge in [0.05, 0.1) is 0 Å². The van der Waals surface area contributed by atoms with Crippen LogP contribution in [-0.4, -0.2) is 12.2 Å². The van der Waals surface area contributed by atoms with Gasteiger partial charge in [0, 0.05) is 21.3 Å². The topological polar surface area (TPSA) is 46.2 Å². The summed E-state index contributed by atoms with van der Waals surface area (Å²) < 4.78 is 13.7. The molecule has 2 aromatic carbocycles. The van der Waals surface area contributed by atoms with Crippen molar-refractivity contribution >= 4 is 33.8 Å². The summed E-state index contributed by atoms with van der Waals surface area (Å²) in [7, 11) is 0. The van der Waals surface area contributed by atoms with Crippen molar-refractivity contribution in [1.29, 1.82) is 0 Å². The lowest BCUT2D eigenvalue weighted by Gasteiger charge is -2.06. The largest absolute Gasteiger partial charge is 0.322 e. The lowest BCUT2D eigenvalue weighted by Crippen LogP contribution is -2.12. The van der Waals surface area contributed by atoms with Crippen LogP contribution >= 0.6 is 15.9 Å². The highest BCUT2D eigenvalue weighted by Gasteiger charge is 2.09. The van der Waals surface area contributed by atoms with Gasteiger partial charge in [-0.15, -0.1) is 0 Å². The third kappa shape index (κ3) is 3.48. The average Bonchev–Trinajstić information content (AvgIpc) is 2.37. The number of carbonyl (C=O) groups excluding carboxylic acids is 2. The van der Waals surface area contributed by atoms with Gasteiger partial charge in [-0.3, -0.25) is 9.59 Å². The Balaban J connectivity index is 2.22. The molecule has 0 saturated carbocycles. The summed E-state index contributed by atoms with van der Waals surface area (Å²) in [5.41, 5.74) is 1.14. The van der Waals surface area contributed by atoms with Crippen molar-refractivity contribution in [2.24, 2.45) is 0 Å². The van der Waals surface area contributed by atoms with E-state index in [1.165, 1.54) is 12.1 Å². The molecule has 0 saturated heterocycles. The SMILES string of the molecule is O=Cc1cccc(NC(=O)c2cc(F)cc(Br)c2)c1. The molecule has 0 aliphatic heterocycles. The van der Waals surface area contributed by atoms with E-state index in [0.29, 0.717) is 22.0 Å². The minimum absolute atomic E-state index is 0.198. The third-order valence-electron chi connectivity index (χ3n) is 2.41. The average molecular weight is 322 g/mol. The van der Waals surface area contributed by atoms with Crippen molar-refractivity contribution < 1.29 is 14.0 Å². The van der Waals surface area contributed by atoms with Gasteiger partial charge in [-0.1, -0.05) is 28.1 Å². The number of benzene rings is 2. The fraction of sp³-hybridized carbons (Fsp3) is 0. The molecule has 0 heterocycles. The standard InChI is InChI=1S/C14H9BrFNO2/c15-11-5-10(6-12(16)7-11)14(19)17-13-3-1-2-9(4-13)8-18/h1-8H,(H,17,19). The Hall–Kier alpha value is -2.01. The summed E-state index contributed by atoms with van der Waals surface area (Å²) in [6, 6.07) is 10.4. The van der Waals surface area contributed by atoms with Crippen LogP contribution in [0.1, 0.15) is 20.7 Å². The molecule has 2 aromatic rings. The Kier molecular flexibility index (Phi) is 4.06. The minimum Gasteiger partial charge on any atom is -0.322 e. The molecular formula is C14H9BrFNO2. The first-order chi connectivity index (χ1) is 9.08. The van der Waals surface area contributed by atoms with Crippen LogP contribution in [0.3, 0.4) is 0 Å². The summed E-state index contributed by atoms with van der Waals surface area (Å²) in [6.07, 6.45) is 0.689. The normalized spacial score (nSPS) is 10.0. The summed E-state index contributed by atoms with van der Waals surface area (Å²) in [6.45, 7) is 0. The van der Waals surface area contributed by atoms with Gasteiger partial charge in [0.25, 0.3) is 5.91 Å². The van der Waals surface area contributed by atoms with E-state index in [4.69, 9.17) is 0 Å². The molecule has 0 aliphatic carbocycles. The first kappa shape index (κ1) is 13.4. The lowest BCUT2D eigenvalue weighted by molar-refractivity contribution is 0.102. The number of rotatable bonds is 3. The number of nitrogens with one attached hydrogen (secondary N) is 1. The van der Waals surface area contributed by atoms with Gasteiger partial charge < -0.3 is 5.32 Å². The fourth-order valence-corrected chi connectivity index (χ4v) is 2.04. The Morgan fingerprint density at radius 1 is 1.21 bits per heavy atom. The number of carbonyl (C=O) groups is 2. The molecule has 0 aliphatic rings. The van der Waals surface area contributed by atoms with E-state index < -0.39 is 11.7 Å². The number of aldehydes is 1. The molecule has 19 heavy (non-hydrogen) atoms. The van der Waals surface area contributed by atoms with Crippen molar-refractivity contribution in [3.63, 3.8) is 0 Å². The first-order valence-electron chi connectivity index (χ1n) is 5.41. The molecule has 1 N–H and O–H groups in total. The van der Waals surface area contributed by atoms with E-state index in [-0.39, 0.29) is 5.56 Å². The summed E-state index contributed by atoms with van der Waals surface area (Å²) in [5.74, 6) is -0.940. The molecule has 0 radical (unpaired) electrons. The molecule has 3 nitrogen and oxygen atoms in total. The van der Waals surface area contributed by atoms with Crippen LogP contribution in [0.15, 0.2) is 46.9 Å².